The maximum absolute atomic E-state index is 12.2. The lowest BCUT2D eigenvalue weighted by Crippen LogP contribution is -2.36. The molecule has 1 aliphatic heterocycles. The van der Waals surface area contributed by atoms with Crippen molar-refractivity contribution in [1.82, 2.24) is 14.5 Å². The number of likely N-dealkylation sites (tertiary alicyclic amines) is 1. The lowest BCUT2D eigenvalue weighted by Gasteiger charge is -2.29. The first-order chi connectivity index (χ1) is 9.08. The minimum atomic E-state index is -0.0262. The molecule has 0 aromatic carbocycles. The number of piperidine rings is 1. The van der Waals surface area contributed by atoms with Crippen LogP contribution in [0.1, 0.15) is 32.7 Å². The van der Waals surface area contributed by atoms with Gasteiger partial charge in [-0.2, -0.15) is 0 Å². The smallest absolute Gasteiger partial charge is 0.293 e. The molecule has 1 N–H and O–H groups in total. The molecular formula is C14H24N4O. The van der Waals surface area contributed by atoms with Crippen LogP contribution in [0, 0.1) is 5.92 Å². The average molecular weight is 264 g/mol. The van der Waals surface area contributed by atoms with Gasteiger partial charge in [-0.1, -0.05) is 0 Å². The Morgan fingerprint density at radius 2 is 2.32 bits per heavy atom. The average Bonchev–Trinajstić information content (AvgIpc) is 2.37. The van der Waals surface area contributed by atoms with Crippen LogP contribution in [0.3, 0.4) is 0 Å². The highest BCUT2D eigenvalue weighted by atomic mass is 16.1. The summed E-state index contributed by atoms with van der Waals surface area (Å²) >= 11 is 0. The molecule has 1 unspecified atom stereocenters. The number of hydrogen-bond acceptors (Lipinski definition) is 4. The molecule has 1 aliphatic rings. The fraction of sp³-hybridized carbons (Fsp3) is 0.714. The Kier molecular flexibility index (Phi) is 4.58. The molecule has 0 aliphatic carbocycles. The molecule has 1 fully saturated rings. The molecule has 0 spiro atoms. The topological polar surface area (TPSA) is 50.2 Å². The highest BCUT2D eigenvalue weighted by Gasteiger charge is 2.17. The minimum Gasteiger partial charge on any atom is -0.365 e. The van der Waals surface area contributed by atoms with Crippen molar-refractivity contribution in [2.24, 2.45) is 5.92 Å². The third-order valence-electron chi connectivity index (χ3n) is 3.70. The zero-order valence-electron chi connectivity index (χ0n) is 12.1. The van der Waals surface area contributed by atoms with E-state index in [1.807, 2.05) is 13.8 Å². The van der Waals surface area contributed by atoms with Crippen LogP contribution in [0.4, 0.5) is 5.82 Å². The Hall–Kier alpha value is -1.36. The van der Waals surface area contributed by atoms with E-state index in [-0.39, 0.29) is 11.6 Å². The van der Waals surface area contributed by atoms with Crippen LogP contribution >= 0.6 is 0 Å². The van der Waals surface area contributed by atoms with E-state index in [2.05, 4.69) is 22.2 Å². The van der Waals surface area contributed by atoms with Crippen molar-refractivity contribution in [3.63, 3.8) is 0 Å². The molecule has 1 saturated heterocycles. The van der Waals surface area contributed by atoms with Crippen LogP contribution in [0.25, 0.3) is 0 Å². The first kappa shape index (κ1) is 14.1. The van der Waals surface area contributed by atoms with E-state index in [0.29, 0.717) is 11.7 Å². The lowest BCUT2D eigenvalue weighted by molar-refractivity contribution is 0.217. The number of rotatable bonds is 4. The van der Waals surface area contributed by atoms with Gasteiger partial charge < -0.3 is 14.8 Å². The first-order valence-electron chi connectivity index (χ1n) is 7.07. The van der Waals surface area contributed by atoms with Gasteiger partial charge in [-0.25, -0.2) is 4.98 Å². The molecule has 1 aromatic rings. The van der Waals surface area contributed by atoms with Crippen molar-refractivity contribution in [3.05, 3.63) is 22.7 Å². The predicted molar refractivity (Wildman–Crippen MR) is 77.6 cm³/mol. The molecule has 1 atom stereocenters. The van der Waals surface area contributed by atoms with E-state index in [4.69, 9.17) is 0 Å². The van der Waals surface area contributed by atoms with E-state index >= 15 is 0 Å². The minimum absolute atomic E-state index is 0.0262. The van der Waals surface area contributed by atoms with Crippen LogP contribution in [0.5, 0.6) is 0 Å². The number of aromatic nitrogens is 2. The van der Waals surface area contributed by atoms with Gasteiger partial charge in [0.2, 0.25) is 0 Å². The van der Waals surface area contributed by atoms with Gasteiger partial charge in [0.05, 0.1) is 0 Å². The second kappa shape index (κ2) is 6.19. The Morgan fingerprint density at radius 1 is 1.53 bits per heavy atom. The summed E-state index contributed by atoms with van der Waals surface area (Å²) in [5.74, 6) is 1.08. The van der Waals surface area contributed by atoms with Gasteiger partial charge in [0.15, 0.2) is 5.82 Å². The van der Waals surface area contributed by atoms with Crippen molar-refractivity contribution >= 4 is 5.82 Å². The normalized spacial score (nSPS) is 20.7. The summed E-state index contributed by atoms with van der Waals surface area (Å²) in [6, 6.07) is 0.164. The van der Waals surface area contributed by atoms with Gasteiger partial charge in [0.1, 0.15) is 0 Å². The maximum atomic E-state index is 12.2. The molecule has 0 bridgehead atoms. The van der Waals surface area contributed by atoms with E-state index in [9.17, 15) is 4.79 Å². The monoisotopic (exact) mass is 264 g/mol. The third kappa shape index (κ3) is 3.56. The summed E-state index contributed by atoms with van der Waals surface area (Å²) in [5, 5.41) is 3.23. The number of anilines is 1. The standard InChI is InChI=1S/C14H24N4O/c1-11(2)18-8-6-15-13(14(18)19)16-9-12-5-4-7-17(3)10-12/h6,8,11-12H,4-5,7,9-10H2,1-3H3,(H,15,16). The van der Waals surface area contributed by atoms with Gasteiger partial charge in [-0.15, -0.1) is 0 Å². The molecule has 106 valence electrons. The van der Waals surface area contributed by atoms with E-state index in [1.54, 1.807) is 17.0 Å². The fourth-order valence-electron chi connectivity index (χ4n) is 2.63. The molecule has 0 saturated carbocycles. The zero-order chi connectivity index (χ0) is 13.8. The summed E-state index contributed by atoms with van der Waals surface area (Å²) < 4.78 is 1.71. The SMILES string of the molecule is CC(C)n1ccnc(NCC2CCCN(C)C2)c1=O. The van der Waals surface area contributed by atoms with Crippen molar-refractivity contribution < 1.29 is 0 Å². The molecule has 2 rings (SSSR count). The quantitative estimate of drug-likeness (QED) is 0.897. The number of nitrogens with one attached hydrogen (secondary N) is 1. The van der Waals surface area contributed by atoms with Gasteiger partial charge in [0, 0.05) is 31.5 Å². The highest BCUT2D eigenvalue weighted by Crippen LogP contribution is 2.15. The second-order valence-corrected chi connectivity index (χ2v) is 5.73. The Bertz CT molecular complexity index is 469. The molecule has 0 radical (unpaired) electrons. The van der Waals surface area contributed by atoms with Gasteiger partial charge >= 0.3 is 0 Å². The summed E-state index contributed by atoms with van der Waals surface area (Å²) in [4.78, 5) is 18.7. The van der Waals surface area contributed by atoms with Crippen LogP contribution in [-0.4, -0.2) is 41.1 Å². The summed E-state index contributed by atoms with van der Waals surface area (Å²) in [6.07, 6.45) is 5.90. The zero-order valence-corrected chi connectivity index (χ0v) is 12.1. The molecule has 1 aromatic heterocycles. The number of hydrogen-bond donors (Lipinski definition) is 1. The largest absolute Gasteiger partial charge is 0.365 e. The van der Waals surface area contributed by atoms with E-state index in [1.165, 1.54) is 19.4 Å². The van der Waals surface area contributed by atoms with Crippen LogP contribution in [0.2, 0.25) is 0 Å². The van der Waals surface area contributed by atoms with Crippen molar-refractivity contribution in [2.45, 2.75) is 32.7 Å². The Labute approximate surface area is 114 Å². The number of nitrogens with zero attached hydrogens (tertiary/aromatic N) is 3. The molecule has 5 nitrogen and oxygen atoms in total. The van der Waals surface area contributed by atoms with E-state index in [0.717, 1.165) is 13.1 Å². The summed E-state index contributed by atoms with van der Waals surface area (Å²) in [6.45, 7) is 7.11. The van der Waals surface area contributed by atoms with Crippen molar-refractivity contribution in [2.75, 3.05) is 32.0 Å². The van der Waals surface area contributed by atoms with Gasteiger partial charge in [-0.3, -0.25) is 4.79 Å². The van der Waals surface area contributed by atoms with Gasteiger partial charge in [-0.05, 0) is 46.2 Å². The Morgan fingerprint density at radius 3 is 3.00 bits per heavy atom. The summed E-state index contributed by atoms with van der Waals surface area (Å²) in [5.41, 5.74) is -0.0262. The highest BCUT2D eigenvalue weighted by molar-refractivity contribution is 5.30. The van der Waals surface area contributed by atoms with Crippen LogP contribution in [0.15, 0.2) is 17.2 Å². The van der Waals surface area contributed by atoms with Crippen molar-refractivity contribution in [3.8, 4) is 0 Å². The predicted octanol–water partition coefficient (Wildman–Crippen LogP) is 1.58. The molecular weight excluding hydrogens is 240 g/mol. The van der Waals surface area contributed by atoms with Crippen molar-refractivity contribution in [1.29, 1.82) is 0 Å². The van der Waals surface area contributed by atoms with Gasteiger partial charge in [0.25, 0.3) is 5.56 Å². The lowest BCUT2D eigenvalue weighted by atomic mass is 9.98. The maximum Gasteiger partial charge on any atom is 0.293 e. The van der Waals surface area contributed by atoms with Crippen LogP contribution in [-0.2, 0) is 0 Å². The molecule has 2 heterocycles. The molecule has 19 heavy (non-hydrogen) atoms. The fourth-order valence-corrected chi connectivity index (χ4v) is 2.63. The Balaban J connectivity index is 2.00. The third-order valence-corrected chi connectivity index (χ3v) is 3.70. The second-order valence-electron chi connectivity index (χ2n) is 5.73. The summed E-state index contributed by atoms with van der Waals surface area (Å²) in [7, 11) is 2.15. The molecule has 0 amide bonds. The molecule has 5 heteroatoms. The van der Waals surface area contributed by atoms with Crippen LogP contribution < -0.4 is 10.9 Å². The first-order valence-corrected chi connectivity index (χ1v) is 7.07. The van der Waals surface area contributed by atoms with E-state index < -0.39 is 0 Å².